The van der Waals surface area contributed by atoms with Crippen molar-refractivity contribution in [2.75, 3.05) is 11.0 Å². The fourth-order valence-electron chi connectivity index (χ4n) is 3.32. The third-order valence-electron chi connectivity index (χ3n) is 4.38. The van der Waals surface area contributed by atoms with Crippen LogP contribution in [0.4, 0.5) is 0 Å². The van der Waals surface area contributed by atoms with Gasteiger partial charge in [-0.15, -0.1) is 0 Å². The van der Waals surface area contributed by atoms with Crippen LogP contribution in [0.3, 0.4) is 0 Å². The second-order valence-corrected chi connectivity index (χ2v) is 5.49. The molecule has 14 heavy (non-hydrogen) atoms. The molecule has 0 amide bonds. The number of alkyl halides is 1. The molecule has 3 aliphatic heterocycles. The minimum atomic E-state index is -0.364. The Hall–Kier alpha value is 0.160. The van der Waals surface area contributed by atoms with Gasteiger partial charge in [0.1, 0.15) is 5.41 Å². The van der Waals surface area contributed by atoms with Crippen molar-refractivity contribution in [1.29, 1.82) is 0 Å². The van der Waals surface area contributed by atoms with Crippen LogP contribution in [0.15, 0.2) is 0 Å². The summed E-state index contributed by atoms with van der Waals surface area (Å²) in [6.07, 6.45) is 2.38. The van der Waals surface area contributed by atoms with Gasteiger partial charge in [0.05, 0.1) is 18.3 Å². The minimum absolute atomic E-state index is 0.0404. The van der Waals surface area contributed by atoms with Crippen molar-refractivity contribution < 1.29 is 14.3 Å². The smallest absolute Gasteiger partial charge is 0.315 e. The summed E-state index contributed by atoms with van der Waals surface area (Å²) in [4.78, 5) is 11.8. The van der Waals surface area contributed by atoms with E-state index in [0.717, 1.165) is 17.3 Å². The molecule has 0 unspecified atom stereocenters. The summed E-state index contributed by atoms with van der Waals surface area (Å²) in [5.41, 5.74) is -0.590. The fraction of sp³-hybridized carbons (Fsp3) is 0.900. The first kappa shape index (κ1) is 9.39. The Bertz CT molecular complexity index is 306. The zero-order chi connectivity index (χ0) is 9.97. The summed E-state index contributed by atoms with van der Waals surface area (Å²) in [5.74, 6) is 0.264. The molecule has 0 aromatic rings. The van der Waals surface area contributed by atoms with Crippen LogP contribution in [0, 0.1) is 11.3 Å². The number of esters is 1. The summed E-state index contributed by atoms with van der Waals surface area (Å²) < 4.78 is 12.1. The topological polar surface area (TPSA) is 35.5 Å². The molecular formula is C10H13IO3. The molecule has 0 radical (unpaired) electrons. The molecule has 78 valence electrons. The van der Waals surface area contributed by atoms with Crippen LogP contribution >= 0.6 is 22.6 Å². The molecule has 3 saturated heterocycles. The van der Waals surface area contributed by atoms with Crippen molar-refractivity contribution in [1.82, 2.24) is 0 Å². The summed E-state index contributed by atoms with van der Waals surface area (Å²) in [5, 5.41) is 0. The molecule has 0 saturated carbocycles. The van der Waals surface area contributed by atoms with Crippen LogP contribution in [0.5, 0.6) is 0 Å². The Balaban J connectivity index is 2.11. The lowest BCUT2D eigenvalue weighted by Crippen LogP contribution is -2.50. The Kier molecular flexibility index (Phi) is 1.77. The maximum Gasteiger partial charge on any atom is 0.315 e. The predicted molar refractivity (Wildman–Crippen MR) is 58.3 cm³/mol. The molecule has 0 spiro atoms. The van der Waals surface area contributed by atoms with Crippen molar-refractivity contribution in [3.05, 3.63) is 0 Å². The molecule has 0 aromatic heterocycles. The molecular weight excluding hydrogens is 295 g/mol. The quantitative estimate of drug-likeness (QED) is 0.419. The lowest BCUT2D eigenvalue weighted by Gasteiger charge is -2.37. The molecule has 0 aliphatic carbocycles. The molecule has 3 heterocycles. The van der Waals surface area contributed by atoms with E-state index in [1.54, 1.807) is 0 Å². The van der Waals surface area contributed by atoms with E-state index in [4.69, 9.17) is 9.47 Å². The highest BCUT2D eigenvalue weighted by molar-refractivity contribution is 14.1. The first-order valence-corrected chi connectivity index (χ1v) is 6.58. The number of carbonyl (C=O) groups is 1. The highest BCUT2D eigenvalue weighted by Crippen LogP contribution is 2.62. The van der Waals surface area contributed by atoms with Gasteiger partial charge in [0.2, 0.25) is 0 Å². The first-order chi connectivity index (χ1) is 6.64. The molecule has 3 rings (SSSR count). The van der Waals surface area contributed by atoms with Gasteiger partial charge in [0.15, 0.2) is 0 Å². The van der Waals surface area contributed by atoms with Gasteiger partial charge < -0.3 is 9.47 Å². The van der Waals surface area contributed by atoms with Crippen molar-refractivity contribution >= 4 is 28.6 Å². The average Bonchev–Trinajstić information content (AvgIpc) is 2.78. The molecule has 3 fully saturated rings. The van der Waals surface area contributed by atoms with Gasteiger partial charge in [-0.05, 0) is 19.8 Å². The minimum Gasteiger partial charge on any atom is -0.465 e. The van der Waals surface area contributed by atoms with Crippen LogP contribution in [0.2, 0.25) is 0 Å². The van der Waals surface area contributed by atoms with Crippen LogP contribution in [-0.4, -0.2) is 28.7 Å². The number of halogens is 1. The second kappa shape index (κ2) is 2.64. The van der Waals surface area contributed by atoms with Crippen LogP contribution in [0.1, 0.15) is 19.8 Å². The second-order valence-electron chi connectivity index (χ2n) is 4.73. The Labute approximate surface area is 96.7 Å². The van der Waals surface area contributed by atoms with Gasteiger partial charge in [-0.1, -0.05) is 22.6 Å². The third-order valence-corrected chi connectivity index (χ3v) is 5.61. The predicted octanol–water partition coefficient (Wildman–Crippen LogP) is 1.53. The number of rotatable bonds is 1. The number of ether oxygens (including phenoxy) is 2. The summed E-state index contributed by atoms with van der Waals surface area (Å²) >= 11 is 2.33. The van der Waals surface area contributed by atoms with E-state index < -0.39 is 0 Å². The van der Waals surface area contributed by atoms with Gasteiger partial charge >= 0.3 is 5.97 Å². The zero-order valence-electron chi connectivity index (χ0n) is 8.09. The summed E-state index contributed by atoms with van der Waals surface area (Å²) in [7, 11) is 0. The molecule has 3 aliphatic rings. The van der Waals surface area contributed by atoms with Gasteiger partial charge in [-0.2, -0.15) is 0 Å². The molecule has 3 nitrogen and oxygen atoms in total. The van der Waals surface area contributed by atoms with Crippen LogP contribution in [0.25, 0.3) is 0 Å². The lowest BCUT2D eigenvalue weighted by molar-refractivity contribution is -0.154. The fourth-order valence-corrected chi connectivity index (χ4v) is 4.68. The third kappa shape index (κ3) is 0.777. The number of fused-ring (bicyclic) bond motifs is 5. The van der Waals surface area contributed by atoms with E-state index in [-0.39, 0.29) is 23.1 Å². The van der Waals surface area contributed by atoms with Crippen molar-refractivity contribution in [3.63, 3.8) is 0 Å². The largest absolute Gasteiger partial charge is 0.465 e. The number of hydrogen-bond acceptors (Lipinski definition) is 3. The molecule has 4 heteroatoms. The summed E-state index contributed by atoms with van der Waals surface area (Å²) in [6, 6.07) is 0. The standard InChI is InChI=1S/C10H13IO3/c1-9-6(4-13-8(9)12)7-2-3-10(9,5-11)14-7/h6-7H,2-5H2,1H3/t6-,7-,9+,10-/m0/s1. The van der Waals surface area contributed by atoms with Crippen LogP contribution in [-0.2, 0) is 14.3 Å². The van der Waals surface area contributed by atoms with Gasteiger partial charge in [0.25, 0.3) is 0 Å². The Morgan fingerprint density at radius 2 is 2.43 bits per heavy atom. The monoisotopic (exact) mass is 308 g/mol. The van der Waals surface area contributed by atoms with E-state index in [9.17, 15) is 4.79 Å². The Morgan fingerprint density at radius 3 is 3.14 bits per heavy atom. The molecule has 0 aromatic carbocycles. The number of hydrogen-bond donors (Lipinski definition) is 0. The average molecular weight is 308 g/mol. The van der Waals surface area contributed by atoms with E-state index in [1.807, 2.05) is 6.92 Å². The lowest BCUT2D eigenvalue weighted by atomic mass is 9.63. The molecule has 4 atom stereocenters. The normalized spacial score (nSPS) is 54.9. The zero-order valence-corrected chi connectivity index (χ0v) is 10.2. The Morgan fingerprint density at radius 1 is 1.64 bits per heavy atom. The number of carbonyl (C=O) groups excluding carboxylic acids is 1. The summed E-state index contributed by atoms with van der Waals surface area (Å²) in [6.45, 7) is 2.60. The highest BCUT2D eigenvalue weighted by Gasteiger charge is 2.72. The maximum absolute atomic E-state index is 11.8. The van der Waals surface area contributed by atoms with E-state index in [2.05, 4.69) is 22.6 Å². The number of cyclic esters (lactones) is 1. The van der Waals surface area contributed by atoms with Crippen LogP contribution < -0.4 is 0 Å². The highest BCUT2D eigenvalue weighted by atomic mass is 127. The van der Waals surface area contributed by atoms with E-state index in [0.29, 0.717) is 12.5 Å². The first-order valence-electron chi connectivity index (χ1n) is 5.05. The van der Waals surface area contributed by atoms with Crippen molar-refractivity contribution in [2.24, 2.45) is 11.3 Å². The molecule has 0 N–H and O–H groups in total. The molecule has 2 bridgehead atoms. The van der Waals surface area contributed by atoms with Crippen molar-refractivity contribution in [3.8, 4) is 0 Å². The van der Waals surface area contributed by atoms with E-state index in [1.165, 1.54) is 0 Å². The maximum atomic E-state index is 11.8. The van der Waals surface area contributed by atoms with Gasteiger partial charge in [0, 0.05) is 10.3 Å². The van der Waals surface area contributed by atoms with E-state index >= 15 is 0 Å². The SMILES string of the molecule is C[C@]12C(=O)OC[C@H]1[C@@H]1CC[C@@]2(CI)O1. The van der Waals surface area contributed by atoms with Gasteiger partial charge in [-0.25, -0.2) is 0 Å². The van der Waals surface area contributed by atoms with Crippen molar-refractivity contribution in [2.45, 2.75) is 31.5 Å². The van der Waals surface area contributed by atoms with Gasteiger partial charge in [-0.3, -0.25) is 4.79 Å².